The van der Waals surface area contributed by atoms with Crippen molar-refractivity contribution in [1.82, 2.24) is 20.1 Å². The van der Waals surface area contributed by atoms with E-state index in [0.717, 1.165) is 30.3 Å². The molecular weight excluding hydrogens is 220 g/mol. The third-order valence-electron chi connectivity index (χ3n) is 2.28. The van der Waals surface area contributed by atoms with Crippen LogP contribution in [0, 0.1) is 6.92 Å². The molecule has 0 aliphatic carbocycles. The van der Waals surface area contributed by atoms with Crippen LogP contribution in [0.25, 0.3) is 0 Å². The Labute approximate surface area is 99.3 Å². The first kappa shape index (κ1) is 11.3. The van der Waals surface area contributed by atoms with Crippen LogP contribution in [-0.2, 0) is 19.6 Å². The van der Waals surface area contributed by atoms with E-state index >= 15 is 0 Å². The van der Waals surface area contributed by atoms with Crippen molar-refractivity contribution in [1.29, 1.82) is 0 Å². The van der Waals surface area contributed by atoms with E-state index in [0.29, 0.717) is 0 Å². The normalized spacial score (nSPS) is 10.9. The zero-order valence-electron chi connectivity index (χ0n) is 9.60. The van der Waals surface area contributed by atoms with E-state index in [9.17, 15) is 0 Å². The van der Waals surface area contributed by atoms with E-state index in [-0.39, 0.29) is 0 Å². The van der Waals surface area contributed by atoms with Crippen molar-refractivity contribution in [2.45, 2.75) is 33.5 Å². The molecule has 2 aromatic rings. The van der Waals surface area contributed by atoms with Crippen LogP contribution in [0.4, 0.5) is 0 Å². The van der Waals surface area contributed by atoms with Gasteiger partial charge in [0.1, 0.15) is 5.01 Å². The number of aromatic nitrogens is 3. The lowest BCUT2D eigenvalue weighted by molar-refractivity contribution is 0.655. The minimum atomic E-state index is 0.829. The van der Waals surface area contributed by atoms with E-state index in [1.165, 1.54) is 5.56 Å². The molecule has 86 valence electrons. The van der Waals surface area contributed by atoms with Crippen molar-refractivity contribution >= 4 is 11.3 Å². The van der Waals surface area contributed by atoms with Crippen molar-refractivity contribution in [2.75, 3.05) is 0 Å². The van der Waals surface area contributed by atoms with Gasteiger partial charge in [0, 0.05) is 42.5 Å². The van der Waals surface area contributed by atoms with Gasteiger partial charge in [0.05, 0.1) is 6.20 Å². The monoisotopic (exact) mass is 236 g/mol. The van der Waals surface area contributed by atoms with Gasteiger partial charge in [-0.15, -0.1) is 11.3 Å². The van der Waals surface area contributed by atoms with Crippen LogP contribution in [0.1, 0.15) is 23.2 Å². The molecule has 16 heavy (non-hydrogen) atoms. The number of thiazole rings is 1. The molecule has 0 unspecified atom stereocenters. The highest BCUT2D eigenvalue weighted by Gasteiger charge is 1.99. The van der Waals surface area contributed by atoms with E-state index in [1.807, 2.05) is 17.8 Å². The highest BCUT2D eigenvalue weighted by molar-refractivity contribution is 7.09. The van der Waals surface area contributed by atoms with Gasteiger partial charge >= 0.3 is 0 Å². The summed E-state index contributed by atoms with van der Waals surface area (Å²) >= 11 is 1.70. The van der Waals surface area contributed by atoms with Gasteiger partial charge < -0.3 is 5.32 Å². The zero-order valence-corrected chi connectivity index (χ0v) is 10.4. The van der Waals surface area contributed by atoms with Crippen LogP contribution in [0.5, 0.6) is 0 Å². The fraction of sp³-hybridized carbons (Fsp3) is 0.455. The van der Waals surface area contributed by atoms with Gasteiger partial charge in [-0.05, 0) is 13.8 Å². The smallest absolute Gasteiger partial charge is 0.107 e. The Bertz CT molecular complexity index is 446. The molecule has 0 saturated heterocycles. The number of hydrogen-bond acceptors (Lipinski definition) is 4. The summed E-state index contributed by atoms with van der Waals surface area (Å²) in [6.07, 6.45) is 3.98. The molecule has 2 rings (SSSR count). The molecule has 0 aromatic carbocycles. The maximum Gasteiger partial charge on any atom is 0.107 e. The van der Waals surface area contributed by atoms with Crippen LogP contribution >= 0.6 is 11.3 Å². The Morgan fingerprint density at radius 3 is 2.94 bits per heavy atom. The lowest BCUT2D eigenvalue weighted by Crippen LogP contribution is -2.12. The average molecular weight is 236 g/mol. The molecule has 0 fully saturated rings. The quantitative estimate of drug-likeness (QED) is 0.863. The van der Waals surface area contributed by atoms with Crippen molar-refractivity contribution in [3.63, 3.8) is 0 Å². The third-order valence-corrected chi connectivity index (χ3v) is 3.25. The molecular formula is C11H16N4S. The first-order valence-corrected chi connectivity index (χ1v) is 6.29. The molecule has 2 aromatic heterocycles. The Balaban J connectivity index is 1.79. The molecule has 0 saturated carbocycles. The van der Waals surface area contributed by atoms with Gasteiger partial charge in [-0.25, -0.2) is 4.98 Å². The first-order valence-electron chi connectivity index (χ1n) is 5.41. The van der Waals surface area contributed by atoms with Gasteiger partial charge in [0.2, 0.25) is 0 Å². The van der Waals surface area contributed by atoms with Crippen LogP contribution in [0.15, 0.2) is 17.8 Å². The molecule has 0 amide bonds. The van der Waals surface area contributed by atoms with Gasteiger partial charge in [-0.1, -0.05) is 0 Å². The molecule has 0 spiro atoms. The van der Waals surface area contributed by atoms with Crippen molar-refractivity contribution < 1.29 is 0 Å². The summed E-state index contributed by atoms with van der Waals surface area (Å²) in [5, 5.41) is 10.8. The van der Waals surface area contributed by atoms with Crippen molar-refractivity contribution in [3.05, 3.63) is 34.0 Å². The summed E-state index contributed by atoms with van der Waals surface area (Å²) in [5.41, 5.74) is 2.32. The highest BCUT2D eigenvalue weighted by Crippen LogP contribution is 2.08. The van der Waals surface area contributed by atoms with Gasteiger partial charge in [-0.2, -0.15) is 5.10 Å². The molecule has 0 aliphatic heterocycles. The maximum absolute atomic E-state index is 4.40. The average Bonchev–Trinajstić information content (AvgIpc) is 2.88. The summed E-state index contributed by atoms with van der Waals surface area (Å²) < 4.78 is 1.94. The summed E-state index contributed by atoms with van der Waals surface area (Å²) in [6, 6.07) is 0. The number of rotatable bonds is 5. The van der Waals surface area contributed by atoms with Crippen molar-refractivity contribution in [3.8, 4) is 0 Å². The summed E-state index contributed by atoms with van der Waals surface area (Å²) in [4.78, 5) is 4.40. The SMILES string of the molecule is CCn1cc(CNCc2nc(C)cs2)cn1. The number of hydrogen-bond donors (Lipinski definition) is 1. The minimum absolute atomic E-state index is 0.829. The van der Waals surface area contributed by atoms with E-state index < -0.39 is 0 Å². The fourth-order valence-corrected chi connectivity index (χ4v) is 2.21. The summed E-state index contributed by atoms with van der Waals surface area (Å²) in [6.45, 7) is 6.70. The Kier molecular flexibility index (Phi) is 3.69. The maximum atomic E-state index is 4.40. The number of nitrogens with one attached hydrogen (secondary N) is 1. The summed E-state index contributed by atoms with van der Waals surface area (Å²) in [5.74, 6) is 0. The summed E-state index contributed by atoms with van der Waals surface area (Å²) in [7, 11) is 0. The van der Waals surface area contributed by atoms with E-state index in [2.05, 4.69) is 33.9 Å². The second kappa shape index (κ2) is 5.23. The molecule has 0 aliphatic rings. The Hall–Kier alpha value is -1.20. The molecule has 0 bridgehead atoms. The largest absolute Gasteiger partial charge is 0.306 e. The lowest BCUT2D eigenvalue weighted by atomic mass is 10.3. The van der Waals surface area contributed by atoms with Crippen LogP contribution < -0.4 is 5.32 Å². The lowest BCUT2D eigenvalue weighted by Gasteiger charge is -1.99. The van der Waals surface area contributed by atoms with Crippen molar-refractivity contribution in [2.24, 2.45) is 0 Å². The van der Waals surface area contributed by atoms with Crippen LogP contribution in [-0.4, -0.2) is 14.8 Å². The second-order valence-electron chi connectivity index (χ2n) is 3.69. The van der Waals surface area contributed by atoms with E-state index in [1.54, 1.807) is 11.3 Å². The first-order chi connectivity index (χ1) is 7.78. The second-order valence-corrected chi connectivity index (χ2v) is 4.63. The van der Waals surface area contributed by atoms with Gasteiger partial charge in [0.15, 0.2) is 0 Å². The number of aryl methyl sites for hydroxylation is 2. The molecule has 0 radical (unpaired) electrons. The van der Waals surface area contributed by atoms with Crippen LogP contribution in [0.3, 0.4) is 0 Å². The Morgan fingerprint density at radius 2 is 2.31 bits per heavy atom. The topological polar surface area (TPSA) is 42.7 Å². The minimum Gasteiger partial charge on any atom is -0.306 e. The number of nitrogens with zero attached hydrogens (tertiary/aromatic N) is 3. The standard InChI is InChI=1S/C11H16N4S/c1-3-15-7-10(5-13-15)4-12-6-11-14-9(2)8-16-11/h5,7-8,12H,3-4,6H2,1-2H3. The molecule has 1 N–H and O–H groups in total. The predicted molar refractivity (Wildman–Crippen MR) is 65.3 cm³/mol. The van der Waals surface area contributed by atoms with E-state index in [4.69, 9.17) is 0 Å². The predicted octanol–water partition coefficient (Wildman–Crippen LogP) is 1.96. The van der Waals surface area contributed by atoms with Gasteiger partial charge in [-0.3, -0.25) is 4.68 Å². The molecule has 4 nitrogen and oxygen atoms in total. The third kappa shape index (κ3) is 2.90. The highest BCUT2D eigenvalue weighted by atomic mass is 32.1. The molecule has 0 atom stereocenters. The van der Waals surface area contributed by atoms with Crippen LogP contribution in [0.2, 0.25) is 0 Å². The Morgan fingerprint density at radius 1 is 1.44 bits per heavy atom. The van der Waals surface area contributed by atoms with Gasteiger partial charge in [0.25, 0.3) is 0 Å². The molecule has 2 heterocycles. The molecule has 5 heteroatoms. The fourth-order valence-electron chi connectivity index (χ4n) is 1.47. The zero-order chi connectivity index (χ0) is 11.4.